The van der Waals surface area contributed by atoms with Crippen LogP contribution in [0.25, 0.3) is 11.2 Å². The Morgan fingerprint density at radius 3 is 2.77 bits per heavy atom. The number of nitrogens with one attached hydrogen (secondary N) is 1. The number of carboxylic acids is 1. The zero-order valence-electron chi connectivity index (χ0n) is 19.3. The number of carboxylic acid groups (broad SMARTS) is 1. The van der Waals surface area contributed by atoms with E-state index in [-0.39, 0.29) is 0 Å². The molecule has 0 spiro atoms. The number of thioether (sulfide) groups is 1. The number of nitrogens with two attached hydrogens (primary N) is 1. The monoisotopic (exact) mass is 502 g/mol. The highest BCUT2D eigenvalue weighted by atomic mass is 32.2. The van der Waals surface area contributed by atoms with E-state index in [1.165, 1.54) is 18.1 Å². The lowest BCUT2D eigenvalue weighted by atomic mass is 9.98. The SMILES string of the molecule is CCC[C@@]1(n2cnc3c(Nc4ccccc4)ncnc32)O[C@H](CSCC[C@H](N)C(=O)O)[C@@H](O)[C@H]1O. The van der Waals surface area contributed by atoms with E-state index in [9.17, 15) is 15.0 Å². The summed E-state index contributed by atoms with van der Waals surface area (Å²) in [5.74, 6) is 0.335. The molecular weight excluding hydrogens is 472 g/mol. The molecule has 0 amide bonds. The Balaban J connectivity index is 1.58. The van der Waals surface area contributed by atoms with Crippen LogP contribution in [-0.4, -0.2) is 76.7 Å². The Bertz CT molecular complexity index is 1150. The third-order valence-corrected chi connectivity index (χ3v) is 7.17. The molecule has 12 heteroatoms. The zero-order chi connectivity index (χ0) is 25.0. The fourth-order valence-electron chi connectivity index (χ4n) is 4.28. The Hall–Kier alpha value is -2.77. The molecule has 35 heavy (non-hydrogen) atoms. The van der Waals surface area contributed by atoms with Crippen LogP contribution in [0.3, 0.4) is 0 Å². The number of aromatic nitrogens is 4. The number of ether oxygens (including phenoxy) is 1. The maximum Gasteiger partial charge on any atom is 0.320 e. The number of nitrogens with zero attached hydrogens (tertiary/aromatic N) is 4. The van der Waals surface area contributed by atoms with E-state index in [1.807, 2.05) is 37.3 Å². The minimum atomic E-state index is -1.26. The van der Waals surface area contributed by atoms with Gasteiger partial charge in [0.05, 0.1) is 12.4 Å². The van der Waals surface area contributed by atoms with Crippen molar-refractivity contribution in [1.29, 1.82) is 0 Å². The Morgan fingerprint density at radius 2 is 2.06 bits per heavy atom. The van der Waals surface area contributed by atoms with Crippen molar-refractivity contribution in [3.8, 4) is 0 Å². The first-order valence-corrected chi connectivity index (χ1v) is 12.6. The van der Waals surface area contributed by atoms with Crippen LogP contribution in [-0.2, 0) is 15.3 Å². The lowest BCUT2D eigenvalue weighted by Crippen LogP contribution is -2.45. The van der Waals surface area contributed by atoms with Crippen molar-refractivity contribution in [2.24, 2.45) is 5.73 Å². The average Bonchev–Trinajstić information content (AvgIpc) is 3.39. The molecule has 0 radical (unpaired) electrons. The number of carbonyl (C=O) groups is 1. The molecule has 0 bridgehead atoms. The first-order valence-electron chi connectivity index (χ1n) is 11.5. The molecule has 1 aliphatic rings. The van der Waals surface area contributed by atoms with Gasteiger partial charge >= 0.3 is 5.97 Å². The second-order valence-electron chi connectivity index (χ2n) is 8.49. The molecule has 11 nitrogen and oxygen atoms in total. The Kier molecular flexibility index (Phi) is 7.87. The van der Waals surface area contributed by atoms with Crippen LogP contribution >= 0.6 is 11.8 Å². The molecule has 1 fully saturated rings. The van der Waals surface area contributed by atoms with Crippen LogP contribution in [0.4, 0.5) is 11.5 Å². The van der Waals surface area contributed by atoms with Gasteiger partial charge in [-0.1, -0.05) is 31.5 Å². The van der Waals surface area contributed by atoms with E-state index in [0.29, 0.717) is 47.7 Å². The Morgan fingerprint density at radius 1 is 1.29 bits per heavy atom. The van der Waals surface area contributed by atoms with Gasteiger partial charge < -0.3 is 31.1 Å². The molecule has 0 aliphatic carbocycles. The summed E-state index contributed by atoms with van der Waals surface area (Å²) >= 11 is 1.43. The number of aliphatic carboxylic acids is 1. The highest BCUT2D eigenvalue weighted by Crippen LogP contribution is 2.42. The number of imidazole rings is 1. The third-order valence-electron chi connectivity index (χ3n) is 6.08. The van der Waals surface area contributed by atoms with Crippen LogP contribution in [0.15, 0.2) is 43.0 Å². The first kappa shape index (κ1) is 25.3. The van der Waals surface area contributed by atoms with Crippen molar-refractivity contribution in [2.75, 3.05) is 16.8 Å². The third kappa shape index (κ3) is 5.11. The largest absolute Gasteiger partial charge is 0.480 e. The molecule has 3 heterocycles. The minimum Gasteiger partial charge on any atom is -0.480 e. The first-order chi connectivity index (χ1) is 16.9. The molecule has 3 aromatic rings. The zero-order valence-corrected chi connectivity index (χ0v) is 20.1. The average molecular weight is 503 g/mol. The fourth-order valence-corrected chi connectivity index (χ4v) is 5.37. The predicted molar refractivity (Wildman–Crippen MR) is 132 cm³/mol. The number of aliphatic hydroxyl groups excluding tert-OH is 2. The number of hydrogen-bond donors (Lipinski definition) is 5. The van der Waals surface area contributed by atoms with Gasteiger partial charge in [0.2, 0.25) is 0 Å². The molecule has 5 atom stereocenters. The quantitative estimate of drug-likeness (QED) is 0.242. The summed E-state index contributed by atoms with van der Waals surface area (Å²) in [6.45, 7) is 1.97. The molecule has 6 N–H and O–H groups in total. The maximum absolute atomic E-state index is 11.2. The van der Waals surface area contributed by atoms with Crippen LogP contribution < -0.4 is 11.1 Å². The van der Waals surface area contributed by atoms with E-state index >= 15 is 0 Å². The summed E-state index contributed by atoms with van der Waals surface area (Å²) in [5.41, 5.74) is 6.13. The number of fused-ring (bicyclic) bond motifs is 1. The van der Waals surface area contributed by atoms with Crippen molar-refractivity contribution in [1.82, 2.24) is 19.5 Å². The van der Waals surface area contributed by atoms with Gasteiger partial charge in [0.15, 0.2) is 22.7 Å². The number of benzene rings is 1. The Labute approximate surface area is 206 Å². The van der Waals surface area contributed by atoms with Gasteiger partial charge in [0.25, 0.3) is 0 Å². The summed E-state index contributed by atoms with van der Waals surface area (Å²) in [4.78, 5) is 24.2. The van der Waals surface area contributed by atoms with E-state index in [4.69, 9.17) is 15.6 Å². The fraction of sp³-hybridized carbons (Fsp3) is 0.478. The summed E-state index contributed by atoms with van der Waals surface area (Å²) in [6, 6.07) is 8.63. The van der Waals surface area contributed by atoms with E-state index in [1.54, 1.807) is 10.9 Å². The molecule has 0 unspecified atom stereocenters. The molecule has 4 rings (SSSR count). The molecule has 0 saturated carbocycles. The summed E-state index contributed by atoms with van der Waals surface area (Å²) in [7, 11) is 0. The van der Waals surface area contributed by atoms with Gasteiger partial charge in [-0.2, -0.15) is 11.8 Å². The molecular formula is C23H30N6O5S. The lowest BCUT2D eigenvalue weighted by Gasteiger charge is -2.33. The van der Waals surface area contributed by atoms with E-state index in [2.05, 4.69) is 20.3 Å². The van der Waals surface area contributed by atoms with Crippen molar-refractivity contribution in [3.63, 3.8) is 0 Å². The van der Waals surface area contributed by atoms with Crippen molar-refractivity contribution < 1.29 is 24.9 Å². The highest BCUT2D eigenvalue weighted by Gasteiger charge is 2.55. The standard InChI is InChI=1S/C23H30N6O5S/c1-2-9-23(19(31)18(30)16(34-23)11-35-10-8-15(24)22(32)33)29-13-27-17-20(25-12-26-21(17)29)28-14-6-4-3-5-7-14/h3-7,12-13,15-16,18-19,30-31H,2,8-11,24H2,1H3,(H,32,33)(H,25,26,28)/t15-,16+,18+,19+,23+/m0/s1. The lowest BCUT2D eigenvalue weighted by molar-refractivity contribution is -0.141. The predicted octanol–water partition coefficient (Wildman–Crippen LogP) is 1.68. The molecule has 1 saturated heterocycles. The van der Waals surface area contributed by atoms with Crippen molar-refractivity contribution in [3.05, 3.63) is 43.0 Å². The van der Waals surface area contributed by atoms with Gasteiger partial charge in [-0.3, -0.25) is 9.36 Å². The van der Waals surface area contributed by atoms with E-state index in [0.717, 1.165) is 5.69 Å². The molecule has 2 aromatic heterocycles. The summed E-state index contributed by atoms with van der Waals surface area (Å²) < 4.78 is 8.04. The molecule has 1 aromatic carbocycles. The van der Waals surface area contributed by atoms with Crippen LogP contribution in [0, 0.1) is 0 Å². The minimum absolute atomic E-state index is 0.297. The van der Waals surface area contributed by atoms with Gasteiger partial charge in [0.1, 0.15) is 24.6 Å². The van der Waals surface area contributed by atoms with Gasteiger partial charge in [0, 0.05) is 11.4 Å². The van der Waals surface area contributed by atoms with Gasteiger partial charge in [-0.05, 0) is 30.7 Å². The topological polar surface area (TPSA) is 169 Å². The van der Waals surface area contributed by atoms with E-state index < -0.39 is 36.0 Å². The van der Waals surface area contributed by atoms with Crippen molar-refractivity contribution in [2.45, 2.75) is 56.3 Å². The van der Waals surface area contributed by atoms with Gasteiger partial charge in [-0.25, -0.2) is 15.0 Å². The molecule has 1 aliphatic heterocycles. The second-order valence-corrected chi connectivity index (χ2v) is 9.64. The van der Waals surface area contributed by atoms with Crippen LogP contribution in [0.1, 0.15) is 26.2 Å². The van der Waals surface area contributed by atoms with Crippen LogP contribution in [0.5, 0.6) is 0 Å². The maximum atomic E-state index is 11.2. The second kappa shape index (κ2) is 10.9. The summed E-state index contributed by atoms with van der Waals surface area (Å²) in [6.07, 6.45) is 1.36. The molecule has 188 valence electrons. The normalized spacial score (nSPS) is 25.1. The van der Waals surface area contributed by atoms with Crippen molar-refractivity contribution >= 4 is 40.4 Å². The van der Waals surface area contributed by atoms with Gasteiger partial charge in [-0.15, -0.1) is 0 Å². The number of para-hydroxylation sites is 1. The highest BCUT2D eigenvalue weighted by molar-refractivity contribution is 7.99. The van der Waals surface area contributed by atoms with Crippen LogP contribution in [0.2, 0.25) is 0 Å². The number of rotatable bonds is 11. The number of aliphatic hydroxyl groups is 2. The summed E-state index contributed by atoms with van der Waals surface area (Å²) in [5, 5.41) is 34.2. The smallest absolute Gasteiger partial charge is 0.320 e. The number of anilines is 2. The number of hydrogen-bond acceptors (Lipinski definition) is 10.